The van der Waals surface area contributed by atoms with Crippen molar-refractivity contribution >= 4 is 21.4 Å². The fourth-order valence-corrected chi connectivity index (χ4v) is 3.35. The Morgan fingerprint density at radius 1 is 1.21 bits per heavy atom. The van der Waals surface area contributed by atoms with Gasteiger partial charge in [0.25, 0.3) is 0 Å². The highest BCUT2D eigenvalue weighted by molar-refractivity contribution is 7.19. The molecule has 2 heteroatoms. The van der Waals surface area contributed by atoms with Gasteiger partial charge in [-0.2, -0.15) is 0 Å². The van der Waals surface area contributed by atoms with E-state index in [2.05, 4.69) is 65.1 Å². The zero-order valence-electron chi connectivity index (χ0n) is 12.9. The molecule has 0 spiro atoms. The summed E-state index contributed by atoms with van der Waals surface area (Å²) in [6, 6.07) is 7.47. The summed E-state index contributed by atoms with van der Waals surface area (Å²) < 4.78 is 1.41. The minimum atomic E-state index is 0.221. The molecule has 2 rings (SSSR count). The van der Waals surface area contributed by atoms with Crippen LogP contribution in [0.1, 0.15) is 50.6 Å². The van der Waals surface area contributed by atoms with E-state index in [4.69, 9.17) is 0 Å². The second-order valence-electron chi connectivity index (χ2n) is 6.65. The van der Waals surface area contributed by atoms with Gasteiger partial charge in [0.05, 0.1) is 0 Å². The predicted octanol–water partition coefficient (Wildman–Crippen LogP) is 5.01. The monoisotopic (exact) mass is 275 g/mol. The summed E-state index contributed by atoms with van der Waals surface area (Å²) in [4.78, 5) is 1.47. The van der Waals surface area contributed by atoms with Gasteiger partial charge in [0.2, 0.25) is 0 Å². The molecule has 0 saturated carbocycles. The van der Waals surface area contributed by atoms with Gasteiger partial charge < -0.3 is 5.32 Å². The van der Waals surface area contributed by atoms with Crippen molar-refractivity contribution in [1.29, 1.82) is 0 Å². The van der Waals surface area contributed by atoms with Crippen LogP contribution in [-0.4, -0.2) is 6.04 Å². The zero-order valence-corrected chi connectivity index (χ0v) is 13.7. The molecule has 0 atom stereocenters. The molecule has 1 heterocycles. The normalized spacial score (nSPS) is 12.6. The lowest BCUT2D eigenvalue weighted by Gasteiger charge is -2.19. The number of thiophene rings is 1. The molecule has 0 aliphatic heterocycles. The number of benzene rings is 1. The highest BCUT2D eigenvalue weighted by Gasteiger charge is 2.16. The van der Waals surface area contributed by atoms with E-state index in [0.717, 1.165) is 6.54 Å². The number of aryl methyl sites for hydroxylation is 1. The summed E-state index contributed by atoms with van der Waals surface area (Å²) in [5, 5.41) is 4.95. The van der Waals surface area contributed by atoms with Gasteiger partial charge in [-0.15, -0.1) is 11.3 Å². The molecule has 0 radical (unpaired) electrons. The van der Waals surface area contributed by atoms with E-state index in [1.54, 1.807) is 0 Å². The summed E-state index contributed by atoms with van der Waals surface area (Å²) in [7, 11) is 0. The van der Waals surface area contributed by atoms with Gasteiger partial charge in [-0.3, -0.25) is 0 Å². The maximum absolute atomic E-state index is 3.52. The van der Waals surface area contributed by atoms with Gasteiger partial charge in [0, 0.05) is 22.2 Å². The highest BCUT2D eigenvalue weighted by Crippen LogP contribution is 2.34. The molecule has 0 fully saturated rings. The number of rotatable bonds is 3. The second-order valence-corrected chi connectivity index (χ2v) is 7.78. The maximum atomic E-state index is 3.52. The average Bonchev–Trinajstić information content (AvgIpc) is 2.62. The lowest BCUT2D eigenvalue weighted by Crippen LogP contribution is -2.21. The molecule has 2 aromatic rings. The molecule has 104 valence electrons. The first-order valence-electron chi connectivity index (χ1n) is 7.05. The van der Waals surface area contributed by atoms with Crippen LogP contribution in [0.15, 0.2) is 18.2 Å². The minimum absolute atomic E-state index is 0.221. The van der Waals surface area contributed by atoms with Crippen LogP contribution in [0.4, 0.5) is 0 Å². The molecule has 0 bridgehead atoms. The SMILES string of the molecule is Cc1c(CNC(C)C)sc2ccc(C(C)(C)C)cc12. The third-order valence-corrected chi connectivity index (χ3v) is 4.84. The van der Waals surface area contributed by atoms with E-state index in [1.165, 1.54) is 26.1 Å². The minimum Gasteiger partial charge on any atom is -0.310 e. The Labute approximate surface area is 121 Å². The molecule has 0 aliphatic rings. The number of fused-ring (bicyclic) bond motifs is 1. The summed E-state index contributed by atoms with van der Waals surface area (Å²) in [5.74, 6) is 0. The van der Waals surface area contributed by atoms with Crippen LogP contribution in [0.3, 0.4) is 0 Å². The van der Waals surface area contributed by atoms with Crippen molar-refractivity contribution in [2.45, 2.75) is 59.5 Å². The van der Waals surface area contributed by atoms with E-state index >= 15 is 0 Å². The second kappa shape index (κ2) is 5.26. The van der Waals surface area contributed by atoms with E-state index in [9.17, 15) is 0 Å². The molecule has 1 nitrogen and oxygen atoms in total. The number of hydrogen-bond acceptors (Lipinski definition) is 2. The molecule has 1 aromatic carbocycles. The van der Waals surface area contributed by atoms with Gasteiger partial charge in [-0.05, 0) is 41.0 Å². The van der Waals surface area contributed by atoms with E-state index in [0.29, 0.717) is 6.04 Å². The van der Waals surface area contributed by atoms with Gasteiger partial charge in [-0.1, -0.05) is 40.7 Å². The maximum Gasteiger partial charge on any atom is 0.0349 e. The summed E-state index contributed by atoms with van der Waals surface area (Å²) in [6.45, 7) is 14.4. The summed E-state index contributed by atoms with van der Waals surface area (Å²) >= 11 is 1.92. The van der Waals surface area contributed by atoms with Gasteiger partial charge >= 0.3 is 0 Å². The van der Waals surface area contributed by atoms with Crippen molar-refractivity contribution in [3.8, 4) is 0 Å². The number of hydrogen-bond donors (Lipinski definition) is 1. The number of nitrogens with one attached hydrogen (secondary N) is 1. The first-order chi connectivity index (χ1) is 8.79. The first kappa shape index (κ1) is 14.5. The molecule has 0 saturated heterocycles. The average molecular weight is 275 g/mol. The highest BCUT2D eigenvalue weighted by atomic mass is 32.1. The van der Waals surface area contributed by atoms with Crippen molar-refractivity contribution in [2.75, 3.05) is 0 Å². The third-order valence-electron chi connectivity index (χ3n) is 3.57. The Balaban J connectivity index is 2.41. The standard InChI is InChI=1S/C17H25NS/c1-11(2)18-10-16-12(3)14-9-13(17(4,5)6)7-8-15(14)19-16/h7-9,11,18H,10H2,1-6H3. The molecule has 19 heavy (non-hydrogen) atoms. The Bertz CT molecular complexity index is 573. The Morgan fingerprint density at radius 2 is 1.89 bits per heavy atom. The third kappa shape index (κ3) is 3.18. The van der Waals surface area contributed by atoms with E-state index in [1.807, 2.05) is 11.3 Å². The molecular formula is C17H25NS. The predicted molar refractivity (Wildman–Crippen MR) is 87.2 cm³/mol. The van der Waals surface area contributed by atoms with Crippen molar-refractivity contribution in [2.24, 2.45) is 0 Å². The zero-order chi connectivity index (χ0) is 14.2. The Morgan fingerprint density at radius 3 is 2.47 bits per heavy atom. The van der Waals surface area contributed by atoms with Crippen LogP contribution in [0, 0.1) is 6.92 Å². The van der Waals surface area contributed by atoms with Gasteiger partial charge in [-0.25, -0.2) is 0 Å². The molecule has 1 N–H and O–H groups in total. The summed E-state index contributed by atoms with van der Waals surface area (Å²) in [6.07, 6.45) is 0. The van der Waals surface area contributed by atoms with Crippen molar-refractivity contribution in [3.63, 3.8) is 0 Å². The lowest BCUT2D eigenvalue weighted by molar-refractivity contribution is 0.591. The molecule has 1 aromatic heterocycles. The summed E-state index contributed by atoms with van der Waals surface area (Å²) in [5.41, 5.74) is 3.09. The quantitative estimate of drug-likeness (QED) is 0.830. The first-order valence-corrected chi connectivity index (χ1v) is 7.86. The van der Waals surface area contributed by atoms with Crippen LogP contribution >= 0.6 is 11.3 Å². The fourth-order valence-electron chi connectivity index (χ4n) is 2.20. The molecule has 0 aliphatic carbocycles. The topological polar surface area (TPSA) is 12.0 Å². The van der Waals surface area contributed by atoms with Crippen molar-refractivity contribution in [1.82, 2.24) is 5.32 Å². The smallest absolute Gasteiger partial charge is 0.0349 e. The fraction of sp³-hybridized carbons (Fsp3) is 0.529. The van der Waals surface area contributed by atoms with Crippen LogP contribution in [0.25, 0.3) is 10.1 Å². The molecule has 0 amide bonds. The Hall–Kier alpha value is -0.860. The Kier molecular flexibility index (Phi) is 4.03. The van der Waals surface area contributed by atoms with E-state index in [-0.39, 0.29) is 5.41 Å². The van der Waals surface area contributed by atoms with Crippen LogP contribution in [0.5, 0.6) is 0 Å². The van der Waals surface area contributed by atoms with Gasteiger partial charge in [0.15, 0.2) is 0 Å². The molecular weight excluding hydrogens is 250 g/mol. The van der Waals surface area contributed by atoms with E-state index < -0.39 is 0 Å². The van der Waals surface area contributed by atoms with Crippen molar-refractivity contribution in [3.05, 3.63) is 34.2 Å². The van der Waals surface area contributed by atoms with Gasteiger partial charge in [0.1, 0.15) is 0 Å². The molecule has 0 unspecified atom stereocenters. The van der Waals surface area contributed by atoms with Crippen LogP contribution in [-0.2, 0) is 12.0 Å². The lowest BCUT2D eigenvalue weighted by atomic mass is 9.86. The van der Waals surface area contributed by atoms with Crippen LogP contribution < -0.4 is 5.32 Å². The largest absolute Gasteiger partial charge is 0.310 e. The van der Waals surface area contributed by atoms with Crippen LogP contribution in [0.2, 0.25) is 0 Å². The van der Waals surface area contributed by atoms with Crippen molar-refractivity contribution < 1.29 is 0 Å².